The van der Waals surface area contributed by atoms with Crippen molar-refractivity contribution in [1.82, 2.24) is 15.2 Å². The molecule has 1 atom stereocenters. The summed E-state index contributed by atoms with van der Waals surface area (Å²) in [5, 5.41) is 11.4. The summed E-state index contributed by atoms with van der Waals surface area (Å²) in [6.07, 6.45) is 2.57. The van der Waals surface area contributed by atoms with Crippen LogP contribution >= 0.6 is 0 Å². The Balaban J connectivity index is 1.65. The summed E-state index contributed by atoms with van der Waals surface area (Å²) in [5.41, 5.74) is 8.83. The summed E-state index contributed by atoms with van der Waals surface area (Å²) in [7, 11) is 0. The molecule has 6 nitrogen and oxygen atoms in total. The molecule has 3 fully saturated rings. The number of aromatic nitrogens is 2. The van der Waals surface area contributed by atoms with E-state index in [1.807, 2.05) is 12.1 Å². The fourth-order valence-corrected chi connectivity index (χ4v) is 3.33. The second kappa shape index (κ2) is 4.09. The van der Waals surface area contributed by atoms with E-state index in [0.717, 1.165) is 23.7 Å². The Morgan fingerprint density at radius 1 is 1.21 bits per heavy atom. The van der Waals surface area contributed by atoms with Gasteiger partial charge in [0.25, 0.3) is 0 Å². The van der Waals surface area contributed by atoms with Gasteiger partial charge in [-0.3, -0.25) is 0 Å². The lowest BCUT2D eigenvalue weighted by atomic mass is 9.84. The molecular formula is C13H17N5O. The molecule has 0 aliphatic carbocycles. The van der Waals surface area contributed by atoms with E-state index in [9.17, 15) is 0 Å². The molecule has 6 heteroatoms. The summed E-state index contributed by atoms with van der Waals surface area (Å²) in [5.74, 6) is 0.762. The molecule has 2 bridgehead atoms. The van der Waals surface area contributed by atoms with Gasteiger partial charge in [0.15, 0.2) is 11.0 Å². The third-order valence-corrected chi connectivity index (χ3v) is 4.44. The zero-order valence-corrected chi connectivity index (χ0v) is 10.7. The van der Waals surface area contributed by atoms with Gasteiger partial charge < -0.3 is 16.0 Å². The van der Waals surface area contributed by atoms with Gasteiger partial charge in [-0.2, -0.15) is 0 Å². The molecule has 0 saturated carbocycles. The number of nitrogens with two attached hydrogens (primary N) is 1. The lowest BCUT2D eigenvalue weighted by molar-refractivity contribution is 0.0976. The van der Waals surface area contributed by atoms with Crippen LogP contribution in [-0.4, -0.2) is 40.9 Å². The number of fused-ring (bicyclic) bond motifs is 4. The van der Waals surface area contributed by atoms with Gasteiger partial charge in [0.2, 0.25) is 0 Å². The van der Waals surface area contributed by atoms with Crippen LogP contribution in [-0.2, 0) is 0 Å². The molecule has 5 rings (SSSR count). The maximum Gasteiger partial charge on any atom is 0.160 e. The Hall–Kier alpha value is -1.82. The number of piperidine rings is 3. The number of nitrogens with one attached hydrogen (secondary N) is 1. The molecule has 0 spiro atoms. The molecule has 4 heterocycles. The van der Waals surface area contributed by atoms with Crippen molar-refractivity contribution in [3.63, 3.8) is 0 Å². The van der Waals surface area contributed by atoms with Crippen molar-refractivity contribution in [2.75, 3.05) is 30.7 Å². The number of anilines is 2. The molecule has 1 aromatic heterocycles. The molecule has 3 aliphatic heterocycles. The number of nitrogens with zero attached hydrogens (tertiary/aromatic N) is 3. The molecule has 3 saturated heterocycles. The van der Waals surface area contributed by atoms with Crippen molar-refractivity contribution in [3.8, 4) is 0 Å². The number of nitrogen functional groups attached to an aromatic ring is 1. The zero-order chi connectivity index (χ0) is 12.8. The standard InChI is InChI=1S/C13H17N5O/c14-9-1-2-10(13-12(9)16-19-17-13)15-11-7-18-5-3-8(11)4-6-18/h1-2,8,11,15H,3-7,14H2. The quantitative estimate of drug-likeness (QED) is 0.792. The Morgan fingerprint density at radius 2 is 2.00 bits per heavy atom. The van der Waals surface area contributed by atoms with Crippen LogP contribution in [0, 0.1) is 5.92 Å². The van der Waals surface area contributed by atoms with E-state index in [1.165, 1.54) is 25.9 Å². The second-order valence-electron chi connectivity index (χ2n) is 5.55. The first-order chi connectivity index (χ1) is 9.31. The van der Waals surface area contributed by atoms with Crippen LogP contribution in [0.15, 0.2) is 16.8 Å². The molecule has 3 N–H and O–H groups in total. The average Bonchev–Trinajstić information content (AvgIpc) is 2.94. The first kappa shape index (κ1) is 11.0. The Kier molecular flexibility index (Phi) is 2.38. The molecule has 19 heavy (non-hydrogen) atoms. The van der Waals surface area contributed by atoms with Crippen molar-refractivity contribution in [1.29, 1.82) is 0 Å². The molecule has 1 unspecified atom stereocenters. The number of rotatable bonds is 2. The monoisotopic (exact) mass is 259 g/mol. The lowest BCUT2D eigenvalue weighted by Crippen LogP contribution is -2.53. The molecule has 0 amide bonds. The highest BCUT2D eigenvalue weighted by Crippen LogP contribution is 2.32. The summed E-state index contributed by atoms with van der Waals surface area (Å²) in [6.45, 7) is 3.60. The van der Waals surface area contributed by atoms with Gasteiger partial charge in [-0.15, -0.1) is 0 Å². The Bertz CT molecular complexity index is 602. The van der Waals surface area contributed by atoms with Gasteiger partial charge in [-0.1, -0.05) is 0 Å². The first-order valence-corrected chi connectivity index (χ1v) is 6.81. The predicted octanol–water partition coefficient (Wildman–Crippen LogP) is 1.31. The fourth-order valence-electron chi connectivity index (χ4n) is 3.33. The minimum Gasteiger partial charge on any atom is -0.397 e. The summed E-state index contributed by atoms with van der Waals surface area (Å²) >= 11 is 0. The van der Waals surface area contributed by atoms with E-state index in [2.05, 4.69) is 20.5 Å². The van der Waals surface area contributed by atoms with Crippen molar-refractivity contribution < 1.29 is 4.63 Å². The molecule has 3 aliphatic rings. The van der Waals surface area contributed by atoms with Crippen LogP contribution < -0.4 is 11.1 Å². The van der Waals surface area contributed by atoms with E-state index >= 15 is 0 Å². The third-order valence-electron chi connectivity index (χ3n) is 4.44. The molecule has 100 valence electrons. The SMILES string of the molecule is Nc1ccc(NC2CN3CCC2CC3)c2nonc12. The van der Waals surface area contributed by atoms with Crippen LogP contribution in [0.25, 0.3) is 11.0 Å². The summed E-state index contributed by atoms with van der Waals surface area (Å²) < 4.78 is 4.81. The van der Waals surface area contributed by atoms with Crippen molar-refractivity contribution in [2.45, 2.75) is 18.9 Å². The summed E-state index contributed by atoms with van der Waals surface area (Å²) in [6, 6.07) is 4.32. The average molecular weight is 259 g/mol. The van der Waals surface area contributed by atoms with Crippen LogP contribution in [0.3, 0.4) is 0 Å². The normalized spacial score (nSPS) is 29.8. The number of hydrogen-bond acceptors (Lipinski definition) is 6. The molecular weight excluding hydrogens is 242 g/mol. The largest absolute Gasteiger partial charge is 0.397 e. The van der Waals surface area contributed by atoms with Crippen molar-refractivity contribution >= 4 is 22.4 Å². The van der Waals surface area contributed by atoms with Crippen molar-refractivity contribution in [2.24, 2.45) is 5.92 Å². The first-order valence-electron chi connectivity index (χ1n) is 6.81. The van der Waals surface area contributed by atoms with E-state index in [4.69, 9.17) is 10.4 Å². The highest BCUT2D eigenvalue weighted by atomic mass is 16.6. The van der Waals surface area contributed by atoms with Gasteiger partial charge in [0.1, 0.15) is 0 Å². The second-order valence-corrected chi connectivity index (χ2v) is 5.55. The topological polar surface area (TPSA) is 80.2 Å². The maximum atomic E-state index is 5.86. The molecule has 1 aromatic carbocycles. The zero-order valence-electron chi connectivity index (χ0n) is 10.7. The maximum absolute atomic E-state index is 5.86. The van der Waals surface area contributed by atoms with Crippen LogP contribution in [0.5, 0.6) is 0 Å². The van der Waals surface area contributed by atoms with Gasteiger partial charge >= 0.3 is 0 Å². The van der Waals surface area contributed by atoms with E-state index in [1.54, 1.807) is 0 Å². The lowest BCUT2D eigenvalue weighted by Gasteiger charge is -2.45. The smallest absolute Gasteiger partial charge is 0.160 e. The Morgan fingerprint density at radius 3 is 2.74 bits per heavy atom. The van der Waals surface area contributed by atoms with E-state index in [0.29, 0.717) is 17.2 Å². The predicted molar refractivity (Wildman–Crippen MR) is 72.8 cm³/mol. The minimum absolute atomic E-state index is 0.492. The minimum atomic E-state index is 0.492. The van der Waals surface area contributed by atoms with Crippen LogP contribution in [0.2, 0.25) is 0 Å². The summed E-state index contributed by atoms with van der Waals surface area (Å²) in [4.78, 5) is 2.52. The van der Waals surface area contributed by atoms with Gasteiger partial charge in [-0.25, -0.2) is 4.63 Å². The third kappa shape index (κ3) is 1.74. The van der Waals surface area contributed by atoms with Crippen LogP contribution in [0.1, 0.15) is 12.8 Å². The van der Waals surface area contributed by atoms with Crippen LogP contribution in [0.4, 0.5) is 11.4 Å². The molecule has 2 aromatic rings. The van der Waals surface area contributed by atoms with Crippen molar-refractivity contribution in [3.05, 3.63) is 12.1 Å². The highest BCUT2D eigenvalue weighted by molar-refractivity contribution is 5.95. The van der Waals surface area contributed by atoms with Gasteiger partial charge in [-0.05, 0) is 54.3 Å². The van der Waals surface area contributed by atoms with Gasteiger partial charge in [0.05, 0.1) is 11.4 Å². The van der Waals surface area contributed by atoms with E-state index in [-0.39, 0.29) is 0 Å². The fraction of sp³-hybridized carbons (Fsp3) is 0.538. The number of hydrogen-bond donors (Lipinski definition) is 2. The number of benzene rings is 1. The van der Waals surface area contributed by atoms with E-state index < -0.39 is 0 Å². The molecule has 0 radical (unpaired) electrons. The Labute approximate surface area is 110 Å². The van der Waals surface area contributed by atoms with Gasteiger partial charge in [0, 0.05) is 12.6 Å². The highest BCUT2D eigenvalue weighted by Gasteiger charge is 2.34.